The largest absolute Gasteiger partial charge is 0.411 e. The standard InChI is InChI=1S/C11H8N2O3/c14-10(7-12-15)11-6-9(13-16-11)8-4-2-1-3-5-8/h1-7,15H. The van der Waals surface area contributed by atoms with Crippen LogP contribution >= 0.6 is 0 Å². The topological polar surface area (TPSA) is 75.7 Å². The zero-order valence-electron chi connectivity index (χ0n) is 8.20. The number of Topliss-reactive ketones (excluding diaryl/α,β-unsaturated/α-hetero) is 1. The summed E-state index contributed by atoms with van der Waals surface area (Å²) in [5, 5.41) is 14.6. The maximum absolute atomic E-state index is 11.2. The Morgan fingerprint density at radius 2 is 2.12 bits per heavy atom. The zero-order chi connectivity index (χ0) is 11.4. The van der Waals surface area contributed by atoms with Crippen LogP contribution in [0, 0.1) is 0 Å². The third-order valence-electron chi connectivity index (χ3n) is 2.00. The van der Waals surface area contributed by atoms with E-state index in [0.29, 0.717) is 5.69 Å². The summed E-state index contributed by atoms with van der Waals surface area (Å²) in [7, 11) is 0. The van der Waals surface area contributed by atoms with Crippen molar-refractivity contribution >= 4 is 12.0 Å². The van der Waals surface area contributed by atoms with Crippen molar-refractivity contribution < 1.29 is 14.5 Å². The lowest BCUT2D eigenvalue weighted by molar-refractivity contribution is 0.103. The van der Waals surface area contributed by atoms with Crippen LogP contribution in [0.4, 0.5) is 0 Å². The molecule has 0 radical (unpaired) electrons. The number of ketones is 1. The first-order valence-corrected chi connectivity index (χ1v) is 4.55. The minimum absolute atomic E-state index is 0.0386. The highest BCUT2D eigenvalue weighted by atomic mass is 16.5. The molecule has 0 aliphatic rings. The van der Waals surface area contributed by atoms with Crippen molar-refractivity contribution in [2.24, 2.45) is 5.16 Å². The third-order valence-corrected chi connectivity index (χ3v) is 2.00. The Morgan fingerprint density at radius 3 is 2.81 bits per heavy atom. The first-order chi connectivity index (χ1) is 7.81. The van der Waals surface area contributed by atoms with E-state index < -0.39 is 5.78 Å². The minimum atomic E-state index is -0.530. The van der Waals surface area contributed by atoms with E-state index in [2.05, 4.69) is 10.3 Å². The number of rotatable bonds is 3. The van der Waals surface area contributed by atoms with E-state index in [1.165, 1.54) is 6.07 Å². The highest BCUT2D eigenvalue weighted by molar-refractivity contribution is 6.34. The summed E-state index contributed by atoms with van der Waals surface area (Å²) in [4.78, 5) is 11.2. The van der Waals surface area contributed by atoms with Gasteiger partial charge in [-0.3, -0.25) is 4.79 Å². The molecule has 0 aliphatic carbocycles. The number of aromatic nitrogens is 1. The van der Waals surface area contributed by atoms with E-state index in [-0.39, 0.29) is 5.76 Å². The number of carbonyl (C=O) groups is 1. The molecular weight excluding hydrogens is 208 g/mol. The quantitative estimate of drug-likeness (QED) is 0.368. The van der Waals surface area contributed by atoms with Gasteiger partial charge in [-0.05, 0) is 0 Å². The normalized spacial score (nSPS) is 10.8. The van der Waals surface area contributed by atoms with Gasteiger partial charge >= 0.3 is 0 Å². The monoisotopic (exact) mass is 216 g/mol. The van der Waals surface area contributed by atoms with Crippen molar-refractivity contribution in [3.63, 3.8) is 0 Å². The maximum atomic E-state index is 11.2. The van der Waals surface area contributed by atoms with E-state index in [1.54, 1.807) is 0 Å². The van der Waals surface area contributed by atoms with Crippen LogP contribution in [0.3, 0.4) is 0 Å². The van der Waals surface area contributed by atoms with Crippen LogP contribution in [0.15, 0.2) is 46.1 Å². The Balaban J connectivity index is 2.30. The second-order valence-electron chi connectivity index (χ2n) is 3.05. The van der Waals surface area contributed by atoms with E-state index >= 15 is 0 Å². The van der Waals surface area contributed by atoms with Gasteiger partial charge in [-0.2, -0.15) is 0 Å². The van der Waals surface area contributed by atoms with Gasteiger partial charge in [-0.1, -0.05) is 40.6 Å². The molecule has 0 saturated heterocycles. The molecule has 0 amide bonds. The Kier molecular flexibility index (Phi) is 2.77. The van der Waals surface area contributed by atoms with Gasteiger partial charge in [0.2, 0.25) is 11.5 Å². The number of hydrogen-bond acceptors (Lipinski definition) is 5. The van der Waals surface area contributed by atoms with Gasteiger partial charge in [0.15, 0.2) is 0 Å². The van der Waals surface area contributed by atoms with Gasteiger partial charge in [-0.15, -0.1) is 0 Å². The van der Waals surface area contributed by atoms with Gasteiger partial charge in [0.05, 0.1) is 0 Å². The Labute approximate surface area is 91.0 Å². The number of nitrogens with zero attached hydrogens (tertiary/aromatic N) is 2. The Hall–Kier alpha value is -2.43. The van der Waals surface area contributed by atoms with Gasteiger partial charge in [0, 0.05) is 11.6 Å². The molecule has 1 aromatic heterocycles. The summed E-state index contributed by atoms with van der Waals surface area (Å²) >= 11 is 0. The molecule has 2 aromatic rings. The van der Waals surface area contributed by atoms with Crippen LogP contribution in [0.5, 0.6) is 0 Å². The SMILES string of the molecule is O=C(C=NO)c1cc(-c2ccccc2)no1. The molecule has 0 unspecified atom stereocenters. The molecular formula is C11H8N2O3. The van der Waals surface area contributed by atoms with Crippen molar-refractivity contribution in [1.29, 1.82) is 0 Å². The fourth-order valence-corrected chi connectivity index (χ4v) is 1.25. The van der Waals surface area contributed by atoms with E-state index in [1.807, 2.05) is 30.3 Å². The second-order valence-corrected chi connectivity index (χ2v) is 3.05. The summed E-state index contributed by atoms with van der Waals surface area (Å²) < 4.78 is 4.83. The predicted molar refractivity (Wildman–Crippen MR) is 56.5 cm³/mol. The Bertz CT molecular complexity index is 517. The maximum Gasteiger partial charge on any atom is 0.245 e. The average molecular weight is 216 g/mol. The number of hydrogen-bond donors (Lipinski definition) is 1. The van der Waals surface area contributed by atoms with Gasteiger partial charge < -0.3 is 9.73 Å². The molecule has 0 atom stereocenters. The van der Waals surface area contributed by atoms with Gasteiger partial charge in [0.1, 0.15) is 11.9 Å². The molecule has 80 valence electrons. The molecule has 0 bridgehead atoms. The van der Waals surface area contributed by atoms with Crippen LogP contribution in [0.1, 0.15) is 10.6 Å². The molecule has 16 heavy (non-hydrogen) atoms. The molecule has 0 aliphatic heterocycles. The smallest absolute Gasteiger partial charge is 0.245 e. The molecule has 1 N–H and O–H groups in total. The summed E-state index contributed by atoms with van der Waals surface area (Å²) in [6.07, 6.45) is 0.759. The van der Waals surface area contributed by atoms with Crippen molar-refractivity contribution in [2.45, 2.75) is 0 Å². The van der Waals surface area contributed by atoms with Crippen LogP contribution in [0.25, 0.3) is 11.3 Å². The molecule has 5 heteroatoms. The lowest BCUT2D eigenvalue weighted by Gasteiger charge is -1.91. The van der Waals surface area contributed by atoms with Crippen molar-refractivity contribution in [1.82, 2.24) is 5.16 Å². The summed E-state index contributed by atoms with van der Waals surface area (Å²) in [6, 6.07) is 10.8. The van der Waals surface area contributed by atoms with Gasteiger partial charge in [0.25, 0.3) is 0 Å². The van der Waals surface area contributed by atoms with E-state index in [4.69, 9.17) is 9.73 Å². The van der Waals surface area contributed by atoms with Crippen molar-refractivity contribution in [2.75, 3.05) is 0 Å². The predicted octanol–water partition coefficient (Wildman–Crippen LogP) is 1.98. The molecule has 5 nitrogen and oxygen atoms in total. The third kappa shape index (κ3) is 1.98. The fourth-order valence-electron chi connectivity index (χ4n) is 1.25. The first-order valence-electron chi connectivity index (χ1n) is 4.55. The lowest BCUT2D eigenvalue weighted by Crippen LogP contribution is -1.97. The average Bonchev–Trinajstić information content (AvgIpc) is 2.80. The van der Waals surface area contributed by atoms with Crippen LogP contribution in [0.2, 0.25) is 0 Å². The van der Waals surface area contributed by atoms with Crippen molar-refractivity contribution in [3.8, 4) is 11.3 Å². The molecule has 0 spiro atoms. The molecule has 1 heterocycles. The highest BCUT2D eigenvalue weighted by Crippen LogP contribution is 2.18. The minimum Gasteiger partial charge on any atom is -0.411 e. The highest BCUT2D eigenvalue weighted by Gasteiger charge is 2.11. The summed E-state index contributed by atoms with van der Waals surface area (Å²) in [5.74, 6) is -0.492. The van der Waals surface area contributed by atoms with Gasteiger partial charge in [-0.25, -0.2) is 0 Å². The number of carbonyl (C=O) groups excluding carboxylic acids is 1. The fraction of sp³-hybridized carbons (Fsp3) is 0. The Morgan fingerprint density at radius 1 is 1.38 bits per heavy atom. The second kappa shape index (κ2) is 4.39. The molecule has 1 aromatic carbocycles. The zero-order valence-corrected chi connectivity index (χ0v) is 8.20. The molecule has 0 saturated carbocycles. The molecule has 0 fully saturated rings. The van der Waals surface area contributed by atoms with Crippen LogP contribution < -0.4 is 0 Å². The van der Waals surface area contributed by atoms with Crippen LogP contribution in [-0.4, -0.2) is 22.4 Å². The number of oxime groups is 1. The van der Waals surface area contributed by atoms with Crippen molar-refractivity contribution in [3.05, 3.63) is 42.2 Å². The summed E-state index contributed by atoms with van der Waals surface area (Å²) in [5.41, 5.74) is 1.42. The molecule has 2 rings (SSSR count). The first kappa shape index (κ1) is 10.1. The number of benzene rings is 1. The lowest BCUT2D eigenvalue weighted by atomic mass is 10.1. The summed E-state index contributed by atoms with van der Waals surface area (Å²) in [6.45, 7) is 0. The van der Waals surface area contributed by atoms with Crippen LogP contribution in [-0.2, 0) is 0 Å². The van der Waals surface area contributed by atoms with E-state index in [0.717, 1.165) is 11.8 Å². The van der Waals surface area contributed by atoms with E-state index in [9.17, 15) is 4.79 Å².